The molecular weight excluding hydrogens is 222 g/mol. The minimum absolute atomic E-state index is 0.227. The highest BCUT2D eigenvalue weighted by Crippen LogP contribution is 2.00. The molecule has 0 saturated carbocycles. The van der Waals surface area contributed by atoms with Crippen LogP contribution in [0.25, 0.3) is 0 Å². The van der Waals surface area contributed by atoms with Crippen LogP contribution in [0.1, 0.15) is 17.4 Å². The lowest BCUT2D eigenvalue weighted by Gasteiger charge is -2.11. The second-order valence-corrected chi connectivity index (χ2v) is 3.70. The van der Waals surface area contributed by atoms with Crippen molar-refractivity contribution in [2.45, 2.75) is 6.92 Å². The molecule has 0 aliphatic heterocycles. The van der Waals surface area contributed by atoms with Gasteiger partial charge in [0, 0.05) is 13.7 Å². The third kappa shape index (κ3) is 4.33. The summed E-state index contributed by atoms with van der Waals surface area (Å²) in [5, 5.41) is 2.74. The number of hydrogen-bond acceptors (Lipinski definition) is 6. The van der Waals surface area contributed by atoms with Gasteiger partial charge in [-0.25, -0.2) is 10.8 Å². The maximum atomic E-state index is 11.7. The van der Waals surface area contributed by atoms with Gasteiger partial charge >= 0.3 is 0 Å². The van der Waals surface area contributed by atoms with Gasteiger partial charge in [-0.05, 0) is 5.92 Å². The van der Waals surface area contributed by atoms with Gasteiger partial charge < -0.3 is 15.5 Å². The Morgan fingerprint density at radius 1 is 1.59 bits per heavy atom. The fourth-order valence-electron chi connectivity index (χ4n) is 1.25. The van der Waals surface area contributed by atoms with Crippen molar-refractivity contribution < 1.29 is 9.53 Å². The van der Waals surface area contributed by atoms with E-state index in [0.29, 0.717) is 19.0 Å². The Morgan fingerprint density at radius 2 is 2.35 bits per heavy atom. The second kappa shape index (κ2) is 6.77. The van der Waals surface area contributed by atoms with E-state index in [0.717, 1.165) is 0 Å². The van der Waals surface area contributed by atoms with Crippen molar-refractivity contribution in [3.63, 3.8) is 0 Å². The SMILES string of the molecule is COCC(C)CNC(=O)c1cncc(NN)n1. The van der Waals surface area contributed by atoms with Gasteiger partial charge in [-0.15, -0.1) is 0 Å². The normalized spacial score (nSPS) is 11.9. The quantitative estimate of drug-likeness (QED) is 0.468. The summed E-state index contributed by atoms with van der Waals surface area (Å²) < 4.78 is 4.97. The molecule has 1 unspecified atom stereocenters. The Bertz CT molecular complexity index is 371. The minimum atomic E-state index is -0.280. The van der Waals surface area contributed by atoms with E-state index in [9.17, 15) is 4.79 Å². The molecule has 1 aromatic rings. The highest BCUT2D eigenvalue weighted by atomic mass is 16.5. The summed E-state index contributed by atoms with van der Waals surface area (Å²) in [4.78, 5) is 19.5. The number of nitrogens with zero attached hydrogens (tertiary/aromatic N) is 2. The molecule has 1 heterocycles. The monoisotopic (exact) mass is 239 g/mol. The van der Waals surface area contributed by atoms with Crippen LogP contribution in [0.4, 0.5) is 5.82 Å². The van der Waals surface area contributed by atoms with Crippen LogP contribution in [0.3, 0.4) is 0 Å². The maximum Gasteiger partial charge on any atom is 0.271 e. The fourth-order valence-corrected chi connectivity index (χ4v) is 1.25. The number of nitrogens with one attached hydrogen (secondary N) is 2. The zero-order chi connectivity index (χ0) is 12.7. The molecule has 0 fully saturated rings. The summed E-state index contributed by atoms with van der Waals surface area (Å²) in [6.45, 7) is 3.10. The number of methoxy groups -OCH3 is 1. The maximum absolute atomic E-state index is 11.7. The predicted molar refractivity (Wildman–Crippen MR) is 63.2 cm³/mol. The highest BCUT2D eigenvalue weighted by molar-refractivity contribution is 5.92. The van der Waals surface area contributed by atoms with Crippen molar-refractivity contribution in [1.82, 2.24) is 15.3 Å². The molecule has 1 aromatic heterocycles. The Morgan fingerprint density at radius 3 is 3.00 bits per heavy atom. The summed E-state index contributed by atoms with van der Waals surface area (Å²) in [6.07, 6.45) is 2.82. The van der Waals surface area contributed by atoms with Crippen LogP contribution in [0.15, 0.2) is 12.4 Å². The summed E-state index contributed by atoms with van der Waals surface area (Å²) in [6, 6.07) is 0. The van der Waals surface area contributed by atoms with Gasteiger partial charge in [0.25, 0.3) is 5.91 Å². The highest BCUT2D eigenvalue weighted by Gasteiger charge is 2.10. The molecule has 0 aliphatic carbocycles. The average molecular weight is 239 g/mol. The largest absolute Gasteiger partial charge is 0.384 e. The molecule has 17 heavy (non-hydrogen) atoms. The van der Waals surface area contributed by atoms with Gasteiger partial charge in [-0.3, -0.25) is 9.78 Å². The van der Waals surface area contributed by atoms with Crippen LogP contribution in [-0.2, 0) is 4.74 Å². The summed E-state index contributed by atoms with van der Waals surface area (Å²) in [5.41, 5.74) is 2.56. The van der Waals surface area contributed by atoms with Gasteiger partial charge in [0.2, 0.25) is 0 Å². The van der Waals surface area contributed by atoms with E-state index in [2.05, 4.69) is 20.7 Å². The first-order chi connectivity index (χ1) is 8.17. The summed E-state index contributed by atoms with van der Waals surface area (Å²) in [5.74, 6) is 5.49. The van der Waals surface area contributed by atoms with E-state index in [4.69, 9.17) is 10.6 Å². The van der Waals surface area contributed by atoms with E-state index in [1.807, 2.05) is 6.92 Å². The van der Waals surface area contributed by atoms with Crippen molar-refractivity contribution in [3.05, 3.63) is 18.1 Å². The lowest BCUT2D eigenvalue weighted by molar-refractivity contribution is 0.0929. The molecule has 4 N–H and O–H groups in total. The summed E-state index contributed by atoms with van der Waals surface area (Å²) >= 11 is 0. The fraction of sp³-hybridized carbons (Fsp3) is 0.500. The molecule has 0 aliphatic rings. The Hall–Kier alpha value is -1.73. The van der Waals surface area contributed by atoms with Crippen LogP contribution in [0.5, 0.6) is 0 Å². The number of carbonyl (C=O) groups excluding carboxylic acids is 1. The third-order valence-electron chi connectivity index (χ3n) is 2.08. The van der Waals surface area contributed by atoms with E-state index in [-0.39, 0.29) is 17.5 Å². The minimum Gasteiger partial charge on any atom is -0.384 e. The van der Waals surface area contributed by atoms with Gasteiger partial charge in [-0.1, -0.05) is 6.92 Å². The second-order valence-electron chi connectivity index (χ2n) is 3.70. The van der Waals surface area contributed by atoms with Gasteiger partial charge in [0.15, 0.2) is 5.82 Å². The number of rotatable bonds is 6. The van der Waals surface area contributed by atoms with Crippen molar-refractivity contribution in [3.8, 4) is 0 Å². The van der Waals surface area contributed by atoms with Crippen LogP contribution in [-0.4, -0.2) is 36.1 Å². The molecule has 0 aromatic carbocycles. The van der Waals surface area contributed by atoms with Crippen molar-refractivity contribution in [1.29, 1.82) is 0 Å². The van der Waals surface area contributed by atoms with Crippen LogP contribution in [0, 0.1) is 5.92 Å². The smallest absolute Gasteiger partial charge is 0.271 e. The van der Waals surface area contributed by atoms with Crippen molar-refractivity contribution >= 4 is 11.7 Å². The predicted octanol–water partition coefficient (Wildman–Crippen LogP) is -0.225. The number of nitrogen functional groups attached to an aromatic ring is 1. The molecule has 94 valence electrons. The lowest BCUT2D eigenvalue weighted by atomic mass is 10.2. The molecule has 0 bridgehead atoms. The van der Waals surface area contributed by atoms with Crippen LogP contribution in [0.2, 0.25) is 0 Å². The number of anilines is 1. The van der Waals surface area contributed by atoms with Gasteiger partial charge in [0.05, 0.1) is 19.0 Å². The molecule has 0 radical (unpaired) electrons. The number of hydrogen-bond donors (Lipinski definition) is 3. The first-order valence-electron chi connectivity index (χ1n) is 5.23. The Balaban J connectivity index is 2.51. The van der Waals surface area contributed by atoms with Crippen molar-refractivity contribution in [2.75, 3.05) is 25.7 Å². The molecule has 1 atom stereocenters. The van der Waals surface area contributed by atoms with Crippen molar-refractivity contribution in [2.24, 2.45) is 11.8 Å². The number of ether oxygens (including phenoxy) is 1. The van der Waals surface area contributed by atoms with Crippen LogP contribution < -0.4 is 16.6 Å². The third-order valence-corrected chi connectivity index (χ3v) is 2.08. The zero-order valence-corrected chi connectivity index (χ0v) is 9.93. The molecule has 0 spiro atoms. The summed E-state index contributed by atoms with van der Waals surface area (Å²) in [7, 11) is 1.63. The molecule has 1 amide bonds. The van der Waals surface area contributed by atoms with Gasteiger partial charge in [0.1, 0.15) is 5.69 Å². The Labute approximate surface area is 99.7 Å². The zero-order valence-electron chi connectivity index (χ0n) is 9.93. The molecule has 1 rings (SSSR count). The topological polar surface area (TPSA) is 102 Å². The molecule has 7 nitrogen and oxygen atoms in total. The lowest BCUT2D eigenvalue weighted by Crippen LogP contribution is -2.30. The number of amides is 1. The van der Waals surface area contributed by atoms with E-state index in [1.54, 1.807) is 7.11 Å². The van der Waals surface area contributed by atoms with E-state index in [1.165, 1.54) is 12.4 Å². The van der Waals surface area contributed by atoms with E-state index >= 15 is 0 Å². The average Bonchev–Trinajstić information content (AvgIpc) is 2.36. The van der Waals surface area contributed by atoms with E-state index < -0.39 is 0 Å². The molecule has 0 saturated heterocycles. The standard InChI is InChI=1S/C10H17N5O2/c1-7(6-17-2)3-13-10(16)8-4-12-5-9(14-8)15-11/h4-5,7H,3,6,11H2,1-2H3,(H,13,16)(H,14,15). The van der Waals surface area contributed by atoms with Crippen LogP contribution >= 0.6 is 0 Å². The number of nitrogens with two attached hydrogens (primary N) is 1. The molecular formula is C10H17N5O2. The Kier molecular flexibility index (Phi) is 5.31. The number of carbonyl (C=O) groups is 1. The van der Waals surface area contributed by atoms with Gasteiger partial charge in [-0.2, -0.15) is 0 Å². The molecule has 7 heteroatoms. The number of hydrazine groups is 1. The first kappa shape index (κ1) is 13.3. The number of aromatic nitrogens is 2. The first-order valence-corrected chi connectivity index (χ1v) is 5.23.